The summed E-state index contributed by atoms with van der Waals surface area (Å²) in [6, 6.07) is 4.36. The van der Waals surface area contributed by atoms with Crippen molar-refractivity contribution in [3.63, 3.8) is 0 Å². The Balaban J connectivity index is 3.39. The summed E-state index contributed by atoms with van der Waals surface area (Å²) in [4.78, 5) is 0. The van der Waals surface area contributed by atoms with Gasteiger partial charge in [0.2, 0.25) is 0 Å². The molecule has 0 radical (unpaired) electrons. The van der Waals surface area contributed by atoms with Crippen molar-refractivity contribution in [1.29, 1.82) is 0 Å². The van der Waals surface area contributed by atoms with E-state index < -0.39 is 11.7 Å². The van der Waals surface area contributed by atoms with E-state index in [4.69, 9.17) is 4.74 Å². The zero-order chi connectivity index (χ0) is 13.1. The first-order valence-corrected chi connectivity index (χ1v) is 5.37. The Hall–Kier alpha value is -1.45. The van der Waals surface area contributed by atoms with Crippen LogP contribution in [0.4, 0.5) is 13.2 Å². The molecule has 0 amide bonds. The molecule has 0 spiro atoms. The second-order valence-corrected chi connectivity index (χ2v) is 3.68. The Bertz CT molecular complexity index is 396. The van der Waals surface area contributed by atoms with E-state index in [1.165, 1.54) is 18.2 Å². The molecule has 0 N–H and O–H groups in total. The van der Waals surface area contributed by atoms with Crippen molar-refractivity contribution in [2.75, 3.05) is 6.61 Å². The Morgan fingerprint density at radius 2 is 2.06 bits per heavy atom. The molecule has 0 saturated carbocycles. The molecule has 0 fully saturated rings. The third-order valence-electron chi connectivity index (χ3n) is 2.49. The smallest absolute Gasteiger partial charge is 0.420 e. The van der Waals surface area contributed by atoms with Crippen LogP contribution in [0.3, 0.4) is 0 Å². The van der Waals surface area contributed by atoms with E-state index in [1.807, 2.05) is 0 Å². The van der Waals surface area contributed by atoms with E-state index in [0.29, 0.717) is 0 Å². The second kappa shape index (κ2) is 5.25. The van der Waals surface area contributed by atoms with Crippen LogP contribution in [-0.2, 0) is 6.18 Å². The van der Waals surface area contributed by atoms with Gasteiger partial charge < -0.3 is 4.74 Å². The summed E-state index contributed by atoms with van der Waals surface area (Å²) in [5, 5.41) is 0. The standard InChI is InChI=1S/C13H15F3O/c1-4-9(3)10-7-6-8-11(17-5-2)12(10)13(14,15)16/h4,6-9H,1,5H2,2-3H3. The summed E-state index contributed by atoms with van der Waals surface area (Å²) in [6.45, 7) is 7.06. The molecular weight excluding hydrogens is 229 g/mol. The van der Waals surface area contributed by atoms with Gasteiger partial charge in [0, 0.05) is 0 Å². The van der Waals surface area contributed by atoms with Gasteiger partial charge in [0.1, 0.15) is 11.3 Å². The fourth-order valence-electron chi connectivity index (χ4n) is 1.63. The molecule has 1 unspecified atom stereocenters. The normalized spacial score (nSPS) is 13.2. The van der Waals surface area contributed by atoms with Crippen LogP contribution in [0, 0.1) is 0 Å². The zero-order valence-corrected chi connectivity index (χ0v) is 9.84. The van der Waals surface area contributed by atoms with Gasteiger partial charge in [-0.2, -0.15) is 13.2 Å². The zero-order valence-electron chi connectivity index (χ0n) is 9.84. The van der Waals surface area contributed by atoms with E-state index in [1.54, 1.807) is 19.9 Å². The molecule has 0 heterocycles. The molecule has 4 heteroatoms. The van der Waals surface area contributed by atoms with E-state index in [2.05, 4.69) is 6.58 Å². The molecule has 1 rings (SSSR count). The van der Waals surface area contributed by atoms with E-state index in [9.17, 15) is 13.2 Å². The SMILES string of the molecule is C=CC(C)c1cccc(OCC)c1C(F)(F)F. The Morgan fingerprint density at radius 1 is 1.41 bits per heavy atom. The summed E-state index contributed by atoms with van der Waals surface area (Å²) in [5.41, 5.74) is -0.507. The van der Waals surface area contributed by atoms with Crippen LogP contribution in [0.2, 0.25) is 0 Å². The lowest BCUT2D eigenvalue weighted by Gasteiger charge is -2.19. The number of rotatable bonds is 4. The van der Waals surface area contributed by atoms with Crippen molar-refractivity contribution < 1.29 is 17.9 Å². The number of halogens is 3. The van der Waals surface area contributed by atoms with E-state index in [0.717, 1.165) is 0 Å². The van der Waals surface area contributed by atoms with Gasteiger partial charge in [-0.25, -0.2) is 0 Å². The summed E-state index contributed by atoms with van der Waals surface area (Å²) in [6.07, 6.45) is -2.93. The average Bonchev–Trinajstić information content (AvgIpc) is 2.26. The highest BCUT2D eigenvalue weighted by Crippen LogP contribution is 2.41. The fraction of sp³-hybridized carbons (Fsp3) is 0.385. The average molecular weight is 244 g/mol. The third-order valence-corrected chi connectivity index (χ3v) is 2.49. The highest BCUT2D eigenvalue weighted by atomic mass is 19.4. The molecule has 0 saturated heterocycles. The molecule has 1 atom stereocenters. The number of allylic oxidation sites excluding steroid dienone is 1. The van der Waals surface area contributed by atoms with Crippen LogP contribution >= 0.6 is 0 Å². The molecule has 0 aliphatic rings. The third kappa shape index (κ3) is 3.02. The van der Waals surface area contributed by atoms with Crippen LogP contribution in [0.15, 0.2) is 30.9 Å². The van der Waals surface area contributed by atoms with Gasteiger partial charge in [-0.05, 0) is 24.5 Å². The van der Waals surface area contributed by atoms with E-state index in [-0.39, 0.29) is 23.8 Å². The molecule has 0 aromatic heterocycles. The molecule has 0 aliphatic heterocycles. The van der Waals surface area contributed by atoms with Gasteiger partial charge in [0.25, 0.3) is 0 Å². The monoisotopic (exact) mass is 244 g/mol. The quantitative estimate of drug-likeness (QED) is 0.713. The number of benzene rings is 1. The maximum Gasteiger partial charge on any atom is 0.420 e. The maximum atomic E-state index is 13.0. The van der Waals surface area contributed by atoms with Gasteiger partial charge in [0.15, 0.2) is 0 Å². The van der Waals surface area contributed by atoms with Crippen molar-refractivity contribution in [2.24, 2.45) is 0 Å². The molecule has 17 heavy (non-hydrogen) atoms. The molecule has 1 aromatic carbocycles. The highest BCUT2D eigenvalue weighted by molar-refractivity contribution is 5.45. The minimum atomic E-state index is -4.42. The first-order chi connectivity index (χ1) is 7.91. The van der Waals surface area contributed by atoms with E-state index >= 15 is 0 Å². The molecule has 1 aromatic rings. The fourth-order valence-corrected chi connectivity index (χ4v) is 1.63. The maximum absolute atomic E-state index is 13.0. The van der Waals surface area contributed by atoms with Gasteiger partial charge in [-0.3, -0.25) is 0 Å². The lowest BCUT2D eigenvalue weighted by Crippen LogP contribution is -2.13. The topological polar surface area (TPSA) is 9.23 Å². The number of alkyl halides is 3. The van der Waals surface area contributed by atoms with Gasteiger partial charge in [0.05, 0.1) is 6.61 Å². The first kappa shape index (κ1) is 13.6. The van der Waals surface area contributed by atoms with Crippen molar-refractivity contribution in [2.45, 2.75) is 25.9 Å². The van der Waals surface area contributed by atoms with Crippen molar-refractivity contribution in [1.82, 2.24) is 0 Å². The van der Waals surface area contributed by atoms with Crippen LogP contribution in [-0.4, -0.2) is 6.61 Å². The van der Waals surface area contributed by atoms with Crippen LogP contribution in [0.25, 0.3) is 0 Å². The number of ether oxygens (including phenoxy) is 1. The predicted octanol–water partition coefficient (Wildman–Crippen LogP) is 4.39. The molecule has 94 valence electrons. The van der Waals surface area contributed by atoms with Crippen molar-refractivity contribution in [3.8, 4) is 5.75 Å². The predicted molar refractivity (Wildman–Crippen MR) is 61.2 cm³/mol. The second-order valence-electron chi connectivity index (χ2n) is 3.68. The van der Waals surface area contributed by atoms with Gasteiger partial charge in [-0.1, -0.05) is 25.1 Å². The van der Waals surface area contributed by atoms with Gasteiger partial charge in [-0.15, -0.1) is 6.58 Å². The van der Waals surface area contributed by atoms with Crippen molar-refractivity contribution >= 4 is 0 Å². The molecule has 0 aliphatic carbocycles. The number of hydrogen-bond donors (Lipinski definition) is 0. The van der Waals surface area contributed by atoms with Gasteiger partial charge >= 0.3 is 6.18 Å². The summed E-state index contributed by atoms with van der Waals surface area (Å²) >= 11 is 0. The molecule has 0 bridgehead atoms. The summed E-state index contributed by atoms with van der Waals surface area (Å²) < 4.78 is 44.1. The Morgan fingerprint density at radius 3 is 2.53 bits per heavy atom. The number of hydrogen-bond acceptors (Lipinski definition) is 1. The first-order valence-electron chi connectivity index (χ1n) is 5.37. The van der Waals surface area contributed by atoms with Crippen LogP contribution in [0.1, 0.15) is 30.9 Å². The summed E-state index contributed by atoms with van der Waals surface area (Å²) in [5.74, 6) is -0.488. The van der Waals surface area contributed by atoms with Crippen molar-refractivity contribution in [3.05, 3.63) is 42.0 Å². The lowest BCUT2D eigenvalue weighted by atomic mass is 9.94. The van der Waals surface area contributed by atoms with Crippen LogP contribution < -0.4 is 4.74 Å². The lowest BCUT2D eigenvalue weighted by molar-refractivity contribution is -0.139. The molecular formula is C13H15F3O. The summed E-state index contributed by atoms with van der Waals surface area (Å²) in [7, 11) is 0. The minimum Gasteiger partial charge on any atom is -0.493 e. The largest absolute Gasteiger partial charge is 0.493 e. The Labute approximate surface area is 98.9 Å². The highest BCUT2D eigenvalue weighted by Gasteiger charge is 2.37. The minimum absolute atomic E-state index is 0.119. The van der Waals surface area contributed by atoms with Crippen LogP contribution in [0.5, 0.6) is 5.75 Å². The molecule has 1 nitrogen and oxygen atoms in total. The Kier molecular flexibility index (Phi) is 4.21.